The Balaban J connectivity index is 3.36. The topological polar surface area (TPSA) is 38.7 Å². The second kappa shape index (κ2) is 8.08. The van der Waals surface area contributed by atoms with Crippen LogP contribution in [0.15, 0.2) is 30.4 Å². The second-order valence-corrected chi connectivity index (χ2v) is 5.59. The van der Waals surface area contributed by atoms with Crippen molar-refractivity contribution in [2.45, 2.75) is 39.0 Å². The number of rotatable bonds is 8. The van der Waals surface area contributed by atoms with Crippen LogP contribution in [0.5, 0.6) is 11.5 Å². The molecule has 1 aromatic rings. The fourth-order valence-corrected chi connectivity index (χ4v) is 2.93. The first-order chi connectivity index (χ1) is 10.1. The average molecular weight is 292 g/mol. The first-order valence-electron chi connectivity index (χ1n) is 7.53. The first-order valence-corrected chi connectivity index (χ1v) is 7.53. The quantitative estimate of drug-likeness (QED) is 0.737. The van der Waals surface area contributed by atoms with Crippen molar-refractivity contribution in [3.05, 3.63) is 35.9 Å². The van der Waals surface area contributed by atoms with E-state index < -0.39 is 0 Å². The Morgan fingerprint density at radius 1 is 1.19 bits per heavy atom. The van der Waals surface area contributed by atoms with Crippen molar-refractivity contribution in [3.63, 3.8) is 0 Å². The number of hydrogen-bond donors (Lipinski definition) is 1. The number of aliphatic hydroxyl groups excluding tert-OH is 1. The van der Waals surface area contributed by atoms with E-state index >= 15 is 0 Å². The molecule has 3 heteroatoms. The molecule has 1 aromatic carbocycles. The van der Waals surface area contributed by atoms with Gasteiger partial charge in [-0.3, -0.25) is 0 Å². The molecule has 0 spiro atoms. The Labute approximate surface area is 128 Å². The minimum absolute atomic E-state index is 0.100. The van der Waals surface area contributed by atoms with Crippen LogP contribution in [0, 0.1) is 5.92 Å². The summed E-state index contributed by atoms with van der Waals surface area (Å²) in [5.74, 6) is 1.90. The first kappa shape index (κ1) is 17.6. The zero-order chi connectivity index (χ0) is 15.9. The smallest absolute Gasteiger partial charge is 0.161 e. The molecule has 118 valence electrons. The molecule has 0 aliphatic rings. The molecule has 0 aromatic heterocycles. The van der Waals surface area contributed by atoms with Gasteiger partial charge in [0, 0.05) is 12.0 Å². The second-order valence-electron chi connectivity index (χ2n) is 5.59. The number of aliphatic hydroxyl groups is 1. The van der Waals surface area contributed by atoms with Crippen LogP contribution in [-0.4, -0.2) is 25.9 Å². The lowest BCUT2D eigenvalue weighted by atomic mass is 9.68. The summed E-state index contributed by atoms with van der Waals surface area (Å²) in [4.78, 5) is 0. The third-order valence-electron chi connectivity index (χ3n) is 4.16. The SMILES string of the molecule is C/C=C/C(CCCO)(c1ccc(OC)c(OC)c1)C(C)C. The lowest BCUT2D eigenvalue weighted by molar-refractivity contribution is 0.253. The molecule has 1 N–H and O–H groups in total. The predicted molar refractivity (Wildman–Crippen MR) is 87.2 cm³/mol. The van der Waals surface area contributed by atoms with Gasteiger partial charge in [0.25, 0.3) is 0 Å². The lowest BCUT2D eigenvalue weighted by Crippen LogP contribution is -2.30. The van der Waals surface area contributed by atoms with E-state index in [1.165, 1.54) is 5.56 Å². The van der Waals surface area contributed by atoms with Crippen molar-refractivity contribution in [1.82, 2.24) is 0 Å². The van der Waals surface area contributed by atoms with Gasteiger partial charge in [-0.05, 0) is 43.4 Å². The van der Waals surface area contributed by atoms with Crippen LogP contribution in [0.1, 0.15) is 39.2 Å². The van der Waals surface area contributed by atoms with Gasteiger partial charge in [-0.15, -0.1) is 0 Å². The van der Waals surface area contributed by atoms with Gasteiger partial charge in [0.1, 0.15) is 0 Å². The monoisotopic (exact) mass is 292 g/mol. The summed E-state index contributed by atoms with van der Waals surface area (Å²) in [6.45, 7) is 6.68. The number of methoxy groups -OCH3 is 2. The standard InChI is InChI=1S/C18H28O3/c1-6-10-18(14(2)3,11-7-12-19)15-8-9-16(20-4)17(13-15)21-5/h6,8-10,13-14,19H,7,11-12H2,1-5H3/b10-6+. The van der Waals surface area contributed by atoms with Crippen molar-refractivity contribution < 1.29 is 14.6 Å². The van der Waals surface area contributed by atoms with E-state index in [0.717, 1.165) is 24.3 Å². The van der Waals surface area contributed by atoms with E-state index in [1.54, 1.807) is 14.2 Å². The molecular weight excluding hydrogens is 264 g/mol. The Morgan fingerprint density at radius 3 is 2.33 bits per heavy atom. The van der Waals surface area contributed by atoms with Gasteiger partial charge in [-0.2, -0.15) is 0 Å². The molecule has 0 radical (unpaired) electrons. The van der Waals surface area contributed by atoms with Crippen molar-refractivity contribution in [1.29, 1.82) is 0 Å². The summed E-state index contributed by atoms with van der Waals surface area (Å²) in [5.41, 5.74) is 1.10. The Bertz CT molecular complexity index is 466. The number of ether oxygens (including phenoxy) is 2. The van der Waals surface area contributed by atoms with Gasteiger partial charge in [-0.1, -0.05) is 32.1 Å². The molecule has 0 aliphatic carbocycles. The summed E-state index contributed by atoms with van der Waals surface area (Å²) < 4.78 is 10.8. The average Bonchev–Trinajstić information content (AvgIpc) is 2.50. The van der Waals surface area contributed by atoms with Crippen molar-refractivity contribution in [2.75, 3.05) is 20.8 Å². The van der Waals surface area contributed by atoms with Crippen LogP contribution in [0.2, 0.25) is 0 Å². The highest BCUT2D eigenvalue weighted by molar-refractivity contribution is 5.47. The van der Waals surface area contributed by atoms with Gasteiger partial charge in [0.2, 0.25) is 0 Å². The van der Waals surface area contributed by atoms with E-state index in [9.17, 15) is 5.11 Å². The summed E-state index contributed by atoms with van der Waals surface area (Å²) in [6, 6.07) is 6.10. The number of allylic oxidation sites excluding steroid dienone is 2. The number of hydrogen-bond acceptors (Lipinski definition) is 3. The largest absolute Gasteiger partial charge is 0.493 e. The van der Waals surface area contributed by atoms with Crippen LogP contribution in [-0.2, 0) is 5.41 Å². The normalized spacial score (nSPS) is 14.4. The molecule has 1 rings (SSSR count). The van der Waals surface area contributed by atoms with Crippen molar-refractivity contribution >= 4 is 0 Å². The minimum atomic E-state index is -0.100. The van der Waals surface area contributed by atoms with Crippen LogP contribution >= 0.6 is 0 Å². The maximum atomic E-state index is 9.24. The third-order valence-corrected chi connectivity index (χ3v) is 4.16. The fourth-order valence-electron chi connectivity index (χ4n) is 2.93. The van der Waals surface area contributed by atoms with Crippen LogP contribution in [0.3, 0.4) is 0 Å². The summed E-state index contributed by atoms with van der Waals surface area (Å²) >= 11 is 0. The molecule has 0 heterocycles. The fraction of sp³-hybridized carbons (Fsp3) is 0.556. The predicted octanol–water partition coefficient (Wildman–Crippen LogP) is 3.95. The highest BCUT2D eigenvalue weighted by Crippen LogP contribution is 2.41. The zero-order valence-corrected chi connectivity index (χ0v) is 13.8. The van der Waals surface area contributed by atoms with E-state index in [2.05, 4.69) is 38.1 Å². The maximum absolute atomic E-state index is 9.24. The van der Waals surface area contributed by atoms with Gasteiger partial charge >= 0.3 is 0 Å². The molecule has 21 heavy (non-hydrogen) atoms. The molecule has 0 bridgehead atoms. The molecule has 3 nitrogen and oxygen atoms in total. The summed E-state index contributed by atoms with van der Waals surface area (Å²) in [7, 11) is 3.30. The highest BCUT2D eigenvalue weighted by atomic mass is 16.5. The Morgan fingerprint density at radius 2 is 1.86 bits per heavy atom. The molecule has 0 aliphatic heterocycles. The third kappa shape index (κ3) is 3.79. The van der Waals surface area contributed by atoms with E-state index in [4.69, 9.17) is 9.47 Å². The molecule has 0 amide bonds. The maximum Gasteiger partial charge on any atom is 0.161 e. The number of benzene rings is 1. The van der Waals surface area contributed by atoms with Crippen LogP contribution in [0.4, 0.5) is 0 Å². The van der Waals surface area contributed by atoms with Crippen LogP contribution < -0.4 is 9.47 Å². The molecule has 1 unspecified atom stereocenters. The molecule has 0 fully saturated rings. The van der Waals surface area contributed by atoms with E-state index in [-0.39, 0.29) is 12.0 Å². The molecular formula is C18H28O3. The van der Waals surface area contributed by atoms with Gasteiger partial charge in [-0.25, -0.2) is 0 Å². The van der Waals surface area contributed by atoms with E-state index in [1.807, 2.05) is 13.0 Å². The van der Waals surface area contributed by atoms with Gasteiger partial charge in [0.15, 0.2) is 11.5 Å². The van der Waals surface area contributed by atoms with Gasteiger partial charge < -0.3 is 14.6 Å². The lowest BCUT2D eigenvalue weighted by Gasteiger charge is -2.36. The van der Waals surface area contributed by atoms with Crippen molar-refractivity contribution in [3.8, 4) is 11.5 Å². The van der Waals surface area contributed by atoms with Gasteiger partial charge in [0.05, 0.1) is 14.2 Å². The van der Waals surface area contributed by atoms with Crippen LogP contribution in [0.25, 0.3) is 0 Å². The van der Waals surface area contributed by atoms with E-state index in [0.29, 0.717) is 5.92 Å². The van der Waals surface area contributed by atoms with Crippen molar-refractivity contribution in [2.24, 2.45) is 5.92 Å². The zero-order valence-electron chi connectivity index (χ0n) is 13.8. The minimum Gasteiger partial charge on any atom is -0.493 e. The Kier molecular flexibility index (Phi) is 6.76. The molecule has 0 saturated heterocycles. The Hall–Kier alpha value is -1.48. The summed E-state index contributed by atoms with van der Waals surface area (Å²) in [5, 5.41) is 9.24. The highest BCUT2D eigenvalue weighted by Gasteiger charge is 2.33. The molecule has 1 atom stereocenters. The molecule has 0 saturated carbocycles. The summed E-state index contributed by atoms with van der Waals surface area (Å²) in [6.07, 6.45) is 6.01.